The van der Waals surface area contributed by atoms with Crippen LogP contribution in [0, 0.1) is 0 Å². The van der Waals surface area contributed by atoms with E-state index in [1.165, 1.54) is 0 Å². The predicted molar refractivity (Wildman–Crippen MR) is 113 cm³/mol. The maximum Gasteiger partial charge on any atom is 0.197 e. The van der Waals surface area contributed by atoms with Crippen molar-refractivity contribution in [2.45, 2.75) is 0 Å². The van der Waals surface area contributed by atoms with E-state index in [9.17, 15) is 0 Å². The van der Waals surface area contributed by atoms with Gasteiger partial charge in [-0.25, -0.2) is 4.99 Å². The molecule has 5 heteroatoms. The van der Waals surface area contributed by atoms with Gasteiger partial charge in [-0.2, -0.15) is 0 Å². The van der Waals surface area contributed by atoms with Crippen LogP contribution >= 0.6 is 28.1 Å². The highest BCUT2D eigenvalue weighted by Crippen LogP contribution is 2.22. The van der Waals surface area contributed by atoms with Crippen molar-refractivity contribution in [2.24, 2.45) is 4.99 Å². The molecule has 25 heavy (non-hydrogen) atoms. The number of hydrogen-bond donors (Lipinski definition) is 2. The molecule has 0 aliphatic carbocycles. The highest BCUT2D eigenvalue weighted by molar-refractivity contribution is 9.10. The van der Waals surface area contributed by atoms with E-state index in [1.54, 1.807) is 0 Å². The van der Waals surface area contributed by atoms with Crippen LogP contribution in [0.4, 0.5) is 11.4 Å². The molecule has 0 heterocycles. The number of rotatable bonds is 3. The van der Waals surface area contributed by atoms with Gasteiger partial charge in [-0.3, -0.25) is 0 Å². The molecule has 3 aromatic carbocycles. The number of anilines is 2. The zero-order chi connectivity index (χ0) is 17.6. The van der Waals surface area contributed by atoms with Crippen LogP contribution in [0.15, 0.2) is 88.3 Å². The lowest BCUT2D eigenvalue weighted by molar-refractivity contribution is 1.52. The normalized spacial score (nSPS) is 11.2. The molecule has 0 atom stereocenters. The monoisotopic (exact) mass is 409 g/mol. The van der Waals surface area contributed by atoms with E-state index in [2.05, 4.69) is 26.2 Å². The molecule has 3 aromatic rings. The largest absolute Gasteiger partial charge is 0.398 e. The first-order valence-electron chi connectivity index (χ1n) is 7.69. The van der Waals surface area contributed by atoms with Gasteiger partial charge in [0.15, 0.2) is 5.11 Å². The Kier molecular flexibility index (Phi) is 5.58. The summed E-state index contributed by atoms with van der Waals surface area (Å²) in [5.41, 5.74) is 10.2. The number of aliphatic imine (C=N–C) groups is 1. The van der Waals surface area contributed by atoms with E-state index >= 15 is 0 Å². The van der Waals surface area contributed by atoms with Gasteiger partial charge < -0.3 is 11.1 Å². The summed E-state index contributed by atoms with van der Waals surface area (Å²) in [7, 11) is 0. The molecule has 3 nitrogen and oxygen atoms in total. The predicted octanol–water partition coefficient (Wildman–Crippen LogP) is 5.27. The number of para-hydroxylation sites is 1. The Morgan fingerprint density at radius 3 is 2.24 bits per heavy atom. The Labute approximate surface area is 160 Å². The van der Waals surface area contributed by atoms with Crippen molar-refractivity contribution in [3.05, 3.63) is 94.5 Å². The average molecular weight is 410 g/mol. The molecule has 0 saturated carbocycles. The van der Waals surface area contributed by atoms with Crippen molar-refractivity contribution in [1.29, 1.82) is 0 Å². The summed E-state index contributed by atoms with van der Waals surface area (Å²) in [6.45, 7) is 0. The number of nitrogen functional groups attached to an aromatic ring is 1. The highest BCUT2D eigenvalue weighted by Gasteiger charge is 2.12. The fraction of sp³-hybridized carbons (Fsp3) is 0. The van der Waals surface area contributed by atoms with Crippen molar-refractivity contribution < 1.29 is 0 Å². The first kappa shape index (κ1) is 17.3. The van der Waals surface area contributed by atoms with Gasteiger partial charge in [0, 0.05) is 27.0 Å². The van der Waals surface area contributed by atoms with Crippen LogP contribution in [0.1, 0.15) is 11.1 Å². The fourth-order valence-corrected chi connectivity index (χ4v) is 2.95. The summed E-state index contributed by atoms with van der Waals surface area (Å²) in [6, 6.07) is 25.3. The number of thiocarbonyl (C=S) groups is 1. The molecule has 0 aliphatic rings. The Bertz CT molecular complexity index is 909. The Balaban J connectivity index is 2.02. The minimum Gasteiger partial charge on any atom is -0.398 e. The molecule has 0 saturated heterocycles. The molecule has 0 bridgehead atoms. The first-order chi connectivity index (χ1) is 12.1. The second kappa shape index (κ2) is 8.05. The lowest BCUT2D eigenvalue weighted by Crippen LogP contribution is -2.13. The zero-order valence-electron chi connectivity index (χ0n) is 13.3. The van der Waals surface area contributed by atoms with E-state index in [0.717, 1.165) is 27.0 Å². The molecule has 3 rings (SSSR count). The van der Waals surface area contributed by atoms with Crippen LogP contribution in [-0.4, -0.2) is 10.8 Å². The van der Waals surface area contributed by atoms with Crippen molar-refractivity contribution in [1.82, 2.24) is 0 Å². The van der Waals surface area contributed by atoms with Gasteiger partial charge in [0.25, 0.3) is 0 Å². The molecule has 0 fully saturated rings. The quantitative estimate of drug-likeness (QED) is 0.352. The van der Waals surface area contributed by atoms with Crippen molar-refractivity contribution in [3.63, 3.8) is 0 Å². The summed E-state index contributed by atoms with van der Waals surface area (Å²) in [4.78, 5) is 4.65. The van der Waals surface area contributed by atoms with Crippen LogP contribution in [-0.2, 0) is 0 Å². The molecular formula is C20H16BrN3S. The van der Waals surface area contributed by atoms with Crippen LogP contribution in [0.2, 0.25) is 0 Å². The maximum absolute atomic E-state index is 6.19. The average Bonchev–Trinajstić information content (AvgIpc) is 2.63. The van der Waals surface area contributed by atoms with Gasteiger partial charge in [0.2, 0.25) is 0 Å². The Hall–Kier alpha value is -2.50. The summed E-state index contributed by atoms with van der Waals surface area (Å²) < 4.78 is 0.933. The minimum atomic E-state index is 0.379. The number of hydrogen-bond acceptors (Lipinski definition) is 2. The lowest BCUT2D eigenvalue weighted by atomic mass is 10.0. The van der Waals surface area contributed by atoms with Crippen LogP contribution in [0.3, 0.4) is 0 Å². The maximum atomic E-state index is 6.19. The standard InChI is InChI=1S/C20H16BrN3S/c21-15-11-12-18(22)17(13-15)19(14-7-3-1-4-8-14)24-20(25)23-16-9-5-2-6-10-16/h1-13H,22H2,(H,23,25)/b24-19-. The van der Waals surface area contributed by atoms with E-state index in [4.69, 9.17) is 18.0 Å². The summed E-state index contributed by atoms with van der Waals surface area (Å²) >= 11 is 8.94. The van der Waals surface area contributed by atoms with Gasteiger partial charge >= 0.3 is 0 Å². The smallest absolute Gasteiger partial charge is 0.197 e. The minimum absolute atomic E-state index is 0.379. The molecule has 0 unspecified atom stereocenters. The van der Waals surface area contributed by atoms with E-state index in [0.29, 0.717) is 10.8 Å². The summed E-state index contributed by atoms with van der Waals surface area (Å²) in [6.07, 6.45) is 0. The number of halogens is 1. The lowest BCUT2D eigenvalue weighted by Gasteiger charge is -2.12. The van der Waals surface area contributed by atoms with Crippen LogP contribution in [0.25, 0.3) is 0 Å². The topological polar surface area (TPSA) is 50.4 Å². The van der Waals surface area contributed by atoms with Crippen LogP contribution < -0.4 is 11.1 Å². The molecule has 124 valence electrons. The Morgan fingerprint density at radius 1 is 0.920 bits per heavy atom. The SMILES string of the molecule is Nc1ccc(Br)cc1/C(=N\C(=S)Nc1ccccc1)c1ccccc1. The molecule has 0 radical (unpaired) electrons. The van der Waals surface area contributed by atoms with Crippen LogP contribution in [0.5, 0.6) is 0 Å². The zero-order valence-corrected chi connectivity index (χ0v) is 15.7. The molecule has 0 aliphatic heterocycles. The molecule has 0 amide bonds. The third-order valence-corrected chi connectivity index (χ3v) is 4.24. The third-order valence-electron chi connectivity index (χ3n) is 3.56. The fourth-order valence-electron chi connectivity index (χ4n) is 2.38. The van der Waals surface area contributed by atoms with Gasteiger partial charge in [-0.05, 0) is 42.5 Å². The molecule has 0 aromatic heterocycles. The van der Waals surface area contributed by atoms with Gasteiger partial charge in [-0.15, -0.1) is 0 Å². The molecule has 0 spiro atoms. The highest BCUT2D eigenvalue weighted by atomic mass is 79.9. The summed E-state index contributed by atoms with van der Waals surface area (Å²) in [5.74, 6) is 0. The van der Waals surface area contributed by atoms with E-state index in [-0.39, 0.29) is 0 Å². The number of nitrogens with zero attached hydrogens (tertiary/aromatic N) is 1. The summed E-state index contributed by atoms with van der Waals surface area (Å²) in [5, 5.41) is 3.52. The van der Waals surface area contributed by atoms with Gasteiger partial charge in [0.05, 0.1) is 5.71 Å². The van der Waals surface area contributed by atoms with Crippen molar-refractivity contribution in [2.75, 3.05) is 11.1 Å². The molecular weight excluding hydrogens is 394 g/mol. The number of benzene rings is 3. The number of nitrogens with two attached hydrogens (primary N) is 1. The first-order valence-corrected chi connectivity index (χ1v) is 8.89. The molecule has 3 N–H and O–H groups in total. The van der Waals surface area contributed by atoms with Gasteiger partial charge in [0.1, 0.15) is 0 Å². The third kappa shape index (κ3) is 4.53. The van der Waals surface area contributed by atoms with Crippen molar-refractivity contribution in [3.8, 4) is 0 Å². The van der Waals surface area contributed by atoms with Crippen molar-refractivity contribution >= 4 is 50.3 Å². The van der Waals surface area contributed by atoms with Gasteiger partial charge in [-0.1, -0.05) is 64.5 Å². The van der Waals surface area contributed by atoms with E-state index in [1.807, 2.05) is 78.9 Å². The number of nitrogens with one attached hydrogen (secondary N) is 1. The Morgan fingerprint density at radius 2 is 1.56 bits per heavy atom. The second-order valence-corrected chi connectivity index (χ2v) is 6.66. The second-order valence-electron chi connectivity index (χ2n) is 5.35. The van der Waals surface area contributed by atoms with E-state index < -0.39 is 0 Å².